The summed E-state index contributed by atoms with van der Waals surface area (Å²) in [4.78, 5) is 21.4. The van der Waals surface area contributed by atoms with E-state index in [2.05, 4.69) is 40.7 Å². The minimum Gasteiger partial charge on any atom is -0.325 e. The Labute approximate surface area is 197 Å². The van der Waals surface area contributed by atoms with E-state index in [4.69, 9.17) is 0 Å². The first-order chi connectivity index (χ1) is 16.1. The molecule has 4 heterocycles. The number of nitrogens with zero attached hydrogens (tertiary/aromatic N) is 8. The van der Waals surface area contributed by atoms with Gasteiger partial charge in [0.25, 0.3) is 0 Å². The zero-order valence-corrected chi connectivity index (χ0v) is 20.2. The Morgan fingerprint density at radius 1 is 0.941 bits per heavy atom. The molecule has 176 valence electrons. The third-order valence-electron chi connectivity index (χ3n) is 5.02. The number of hydrogen-bond acceptors (Lipinski definition) is 10. The molecule has 34 heavy (non-hydrogen) atoms. The van der Waals surface area contributed by atoms with Crippen molar-refractivity contribution in [2.75, 3.05) is 28.2 Å². The molecule has 0 atom stereocenters. The summed E-state index contributed by atoms with van der Waals surface area (Å²) in [7, 11) is -0.266. The Hall–Kier alpha value is -4.13. The standard InChI is InChI=1S/C21H24N10O2S/c1-13-6-18(23-11-22-13)28-19-8-20(25-12-24-19)29-21-17(31(4)34(5,32)33)7-16(14(2)27-21)15-9-26-30(3)10-15/h6-12H,1-5H3,(H2,22,23,24,25,27,28,29). The van der Waals surface area contributed by atoms with Gasteiger partial charge in [0.15, 0.2) is 5.82 Å². The predicted molar refractivity (Wildman–Crippen MR) is 130 cm³/mol. The second kappa shape index (κ2) is 9.02. The number of nitrogens with one attached hydrogen (secondary N) is 2. The van der Waals surface area contributed by atoms with Crippen molar-refractivity contribution in [2.24, 2.45) is 7.05 Å². The number of aromatic nitrogens is 7. The van der Waals surface area contributed by atoms with Gasteiger partial charge in [-0.1, -0.05) is 0 Å². The lowest BCUT2D eigenvalue weighted by Gasteiger charge is -2.22. The van der Waals surface area contributed by atoms with E-state index in [1.807, 2.05) is 27.1 Å². The number of anilines is 5. The molecule has 0 amide bonds. The maximum Gasteiger partial charge on any atom is 0.232 e. The molecule has 0 saturated heterocycles. The molecule has 0 fully saturated rings. The Morgan fingerprint density at radius 3 is 2.21 bits per heavy atom. The first-order valence-corrected chi connectivity index (χ1v) is 12.0. The van der Waals surface area contributed by atoms with Crippen LogP contribution in [0, 0.1) is 13.8 Å². The van der Waals surface area contributed by atoms with Crippen LogP contribution in [0.5, 0.6) is 0 Å². The largest absolute Gasteiger partial charge is 0.325 e. The molecule has 0 aromatic carbocycles. The van der Waals surface area contributed by atoms with Crippen LogP contribution in [0.2, 0.25) is 0 Å². The second-order valence-corrected chi connectivity index (χ2v) is 9.72. The molecule has 0 saturated carbocycles. The summed E-state index contributed by atoms with van der Waals surface area (Å²) < 4.78 is 27.6. The fourth-order valence-corrected chi connectivity index (χ4v) is 3.72. The summed E-state index contributed by atoms with van der Waals surface area (Å²) in [6.07, 6.45) is 7.53. The lowest BCUT2D eigenvalue weighted by molar-refractivity contribution is 0.600. The number of aryl methyl sites for hydroxylation is 3. The number of rotatable bonds is 7. The lowest BCUT2D eigenvalue weighted by Crippen LogP contribution is -2.26. The zero-order valence-electron chi connectivity index (χ0n) is 19.3. The van der Waals surface area contributed by atoms with Crippen molar-refractivity contribution in [3.63, 3.8) is 0 Å². The number of pyridine rings is 1. The quantitative estimate of drug-likeness (QED) is 0.405. The van der Waals surface area contributed by atoms with E-state index in [9.17, 15) is 8.42 Å². The van der Waals surface area contributed by atoms with E-state index in [1.54, 1.807) is 29.1 Å². The molecule has 0 aliphatic carbocycles. The topological polar surface area (TPSA) is 144 Å². The first-order valence-electron chi connectivity index (χ1n) is 10.2. The van der Waals surface area contributed by atoms with Gasteiger partial charge in [-0.05, 0) is 19.9 Å². The third kappa shape index (κ3) is 5.09. The van der Waals surface area contributed by atoms with Gasteiger partial charge in [0.2, 0.25) is 10.0 Å². The Balaban J connectivity index is 1.71. The average Bonchev–Trinajstić information content (AvgIpc) is 3.19. The van der Waals surface area contributed by atoms with Crippen LogP contribution in [0.4, 0.5) is 29.0 Å². The molecule has 13 heteroatoms. The normalized spacial score (nSPS) is 11.3. The van der Waals surface area contributed by atoms with Crippen molar-refractivity contribution in [3.05, 3.63) is 54.6 Å². The summed E-state index contributed by atoms with van der Waals surface area (Å²) in [5.41, 5.74) is 3.48. The van der Waals surface area contributed by atoms with E-state index >= 15 is 0 Å². The van der Waals surface area contributed by atoms with E-state index in [0.29, 0.717) is 34.7 Å². The van der Waals surface area contributed by atoms with E-state index in [-0.39, 0.29) is 0 Å². The highest BCUT2D eigenvalue weighted by atomic mass is 32.2. The van der Waals surface area contributed by atoms with Crippen molar-refractivity contribution < 1.29 is 8.42 Å². The molecule has 0 unspecified atom stereocenters. The van der Waals surface area contributed by atoms with Crippen molar-refractivity contribution in [1.29, 1.82) is 0 Å². The molecule has 4 aromatic heterocycles. The van der Waals surface area contributed by atoms with E-state index in [0.717, 1.165) is 23.1 Å². The van der Waals surface area contributed by atoms with Gasteiger partial charge in [0, 0.05) is 54.9 Å². The summed E-state index contributed by atoms with van der Waals surface area (Å²) >= 11 is 0. The van der Waals surface area contributed by atoms with Crippen LogP contribution >= 0.6 is 0 Å². The molecular weight excluding hydrogens is 456 g/mol. The summed E-state index contributed by atoms with van der Waals surface area (Å²) in [5, 5.41) is 10.4. The molecular formula is C21H24N10O2S. The van der Waals surface area contributed by atoms with Gasteiger partial charge in [-0.2, -0.15) is 5.10 Å². The highest BCUT2D eigenvalue weighted by Gasteiger charge is 2.21. The molecule has 0 aliphatic heterocycles. The van der Waals surface area contributed by atoms with Crippen LogP contribution in [-0.2, 0) is 17.1 Å². The fraction of sp³-hybridized carbons (Fsp3) is 0.238. The van der Waals surface area contributed by atoms with Gasteiger partial charge >= 0.3 is 0 Å². The minimum atomic E-state index is -3.56. The lowest BCUT2D eigenvalue weighted by atomic mass is 10.1. The maximum absolute atomic E-state index is 12.4. The summed E-state index contributed by atoms with van der Waals surface area (Å²) in [6.45, 7) is 3.71. The van der Waals surface area contributed by atoms with Crippen LogP contribution in [0.15, 0.2) is 43.2 Å². The molecule has 0 bridgehead atoms. The van der Waals surface area contributed by atoms with Gasteiger partial charge in [-0.25, -0.2) is 33.3 Å². The van der Waals surface area contributed by atoms with Gasteiger partial charge in [-0.15, -0.1) is 0 Å². The smallest absolute Gasteiger partial charge is 0.232 e. The molecule has 0 aliphatic rings. The van der Waals surface area contributed by atoms with Crippen molar-refractivity contribution in [1.82, 2.24) is 34.7 Å². The Bertz CT molecular complexity index is 1450. The molecule has 4 aromatic rings. The SMILES string of the molecule is Cc1cc(Nc2cc(Nc3nc(C)c(-c4cnn(C)c4)cc3N(C)S(C)(=O)=O)ncn2)ncn1. The van der Waals surface area contributed by atoms with E-state index in [1.165, 1.54) is 24.0 Å². The van der Waals surface area contributed by atoms with Gasteiger partial charge < -0.3 is 10.6 Å². The van der Waals surface area contributed by atoms with Crippen LogP contribution in [0.3, 0.4) is 0 Å². The van der Waals surface area contributed by atoms with Crippen LogP contribution < -0.4 is 14.9 Å². The number of hydrogen-bond donors (Lipinski definition) is 2. The van der Waals surface area contributed by atoms with Gasteiger partial charge in [0.1, 0.15) is 30.1 Å². The van der Waals surface area contributed by atoms with Crippen LogP contribution in [0.25, 0.3) is 11.1 Å². The fourth-order valence-electron chi connectivity index (χ4n) is 3.23. The van der Waals surface area contributed by atoms with Crippen LogP contribution in [-0.4, -0.2) is 56.4 Å². The van der Waals surface area contributed by atoms with Gasteiger partial charge in [-0.3, -0.25) is 8.99 Å². The highest BCUT2D eigenvalue weighted by molar-refractivity contribution is 7.92. The minimum absolute atomic E-state index is 0.334. The molecule has 0 spiro atoms. The molecule has 4 rings (SSSR count). The second-order valence-electron chi connectivity index (χ2n) is 7.71. The number of sulfonamides is 1. The van der Waals surface area contributed by atoms with E-state index < -0.39 is 10.0 Å². The first kappa shape index (κ1) is 23.0. The Morgan fingerprint density at radius 2 is 1.59 bits per heavy atom. The predicted octanol–water partition coefficient (Wildman–Crippen LogP) is 2.56. The van der Waals surface area contributed by atoms with Crippen molar-refractivity contribution in [2.45, 2.75) is 13.8 Å². The monoisotopic (exact) mass is 480 g/mol. The van der Waals surface area contributed by atoms with Crippen molar-refractivity contribution >= 4 is 39.0 Å². The Kier molecular flexibility index (Phi) is 6.11. The highest BCUT2D eigenvalue weighted by Crippen LogP contribution is 2.34. The van der Waals surface area contributed by atoms with Gasteiger partial charge in [0.05, 0.1) is 18.1 Å². The summed E-state index contributed by atoms with van der Waals surface area (Å²) in [5.74, 6) is 1.84. The third-order valence-corrected chi connectivity index (χ3v) is 6.21. The maximum atomic E-state index is 12.4. The summed E-state index contributed by atoms with van der Waals surface area (Å²) in [6, 6.07) is 5.23. The van der Waals surface area contributed by atoms with Crippen molar-refractivity contribution in [3.8, 4) is 11.1 Å². The van der Waals surface area contributed by atoms with Crippen LogP contribution in [0.1, 0.15) is 11.4 Å². The molecule has 0 radical (unpaired) electrons. The zero-order chi connectivity index (χ0) is 24.5. The average molecular weight is 481 g/mol. The molecule has 12 nitrogen and oxygen atoms in total. The molecule has 2 N–H and O–H groups in total.